The van der Waals surface area contributed by atoms with E-state index in [9.17, 15) is 14.4 Å². The Morgan fingerprint density at radius 2 is 1.60 bits per heavy atom. The van der Waals surface area contributed by atoms with E-state index in [4.69, 9.17) is 9.52 Å². The Morgan fingerprint density at radius 1 is 0.960 bits per heavy atom. The molecular weight excluding hydrogens is 324 g/mol. The monoisotopic (exact) mass is 342 g/mol. The molecule has 3 rings (SSSR count). The minimum absolute atomic E-state index is 0.170. The number of aliphatic carboxylic acids is 1. The molecule has 7 nitrogen and oxygen atoms in total. The molecule has 2 amide bonds. The summed E-state index contributed by atoms with van der Waals surface area (Å²) in [6.07, 6.45) is 2.91. The van der Waals surface area contributed by atoms with Crippen LogP contribution in [0, 0.1) is 11.8 Å². The predicted octanol–water partition coefficient (Wildman–Crippen LogP) is 2.97. The lowest BCUT2D eigenvalue weighted by Crippen LogP contribution is -2.21. The maximum atomic E-state index is 12.2. The number of nitrogens with one attached hydrogen (secondary N) is 2. The first-order valence-electron chi connectivity index (χ1n) is 8.01. The molecule has 1 aromatic heterocycles. The third-order valence-electron chi connectivity index (χ3n) is 4.31. The zero-order valence-corrected chi connectivity index (χ0v) is 13.4. The van der Waals surface area contributed by atoms with Gasteiger partial charge in [0.25, 0.3) is 5.91 Å². The van der Waals surface area contributed by atoms with Gasteiger partial charge in [0.2, 0.25) is 5.91 Å². The van der Waals surface area contributed by atoms with E-state index in [1.807, 2.05) is 0 Å². The molecule has 1 heterocycles. The van der Waals surface area contributed by atoms with Gasteiger partial charge in [0.15, 0.2) is 5.76 Å². The highest BCUT2D eigenvalue weighted by Gasteiger charge is 2.33. The average Bonchev–Trinajstić information content (AvgIpc) is 3.28. The molecule has 0 aliphatic heterocycles. The van der Waals surface area contributed by atoms with Crippen LogP contribution in [0.5, 0.6) is 0 Å². The number of amides is 2. The van der Waals surface area contributed by atoms with E-state index < -0.39 is 11.9 Å². The van der Waals surface area contributed by atoms with Gasteiger partial charge in [-0.15, -0.1) is 0 Å². The highest BCUT2D eigenvalue weighted by Crippen LogP contribution is 2.32. The van der Waals surface area contributed by atoms with Crippen molar-refractivity contribution >= 4 is 29.2 Å². The highest BCUT2D eigenvalue weighted by atomic mass is 16.4. The normalized spacial score (nSPS) is 19.4. The van der Waals surface area contributed by atoms with Crippen molar-refractivity contribution in [3.63, 3.8) is 0 Å². The first-order chi connectivity index (χ1) is 12.0. The Bertz CT molecular complexity index is 767. The first-order valence-corrected chi connectivity index (χ1v) is 8.01. The molecule has 1 aliphatic rings. The average molecular weight is 342 g/mol. The second-order valence-electron chi connectivity index (χ2n) is 6.04. The lowest BCUT2D eigenvalue weighted by atomic mass is 10.0. The van der Waals surface area contributed by atoms with E-state index in [1.165, 1.54) is 6.26 Å². The summed E-state index contributed by atoms with van der Waals surface area (Å²) >= 11 is 0. The molecule has 3 N–H and O–H groups in total. The van der Waals surface area contributed by atoms with Crippen molar-refractivity contribution < 1.29 is 23.9 Å². The lowest BCUT2D eigenvalue weighted by molar-refractivity contribution is -0.141. The van der Waals surface area contributed by atoms with Crippen LogP contribution in [0.4, 0.5) is 11.4 Å². The second kappa shape index (κ2) is 7.21. The number of carboxylic acids is 1. The van der Waals surface area contributed by atoms with Gasteiger partial charge in [-0.25, -0.2) is 0 Å². The first kappa shape index (κ1) is 16.8. The summed E-state index contributed by atoms with van der Waals surface area (Å²) in [5.41, 5.74) is 1.17. The van der Waals surface area contributed by atoms with Crippen LogP contribution in [-0.4, -0.2) is 22.9 Å². The summed E-state index contributed by atoms with van der Waals surface area (Å²) in [5.74, 6) is -1.86. The molecule has 2 atom stereocenters. The van der Waals surface area contributed by atoms with E-state index >= 15 is 0 Å². The molecule has 0 spiro atoms. The highest BCUT2D eigenvalue weighted by molar-refractivity contribution is 6.02. The largest absolute Gasteiger partial charge is 0.481 e. The number of carbonyl (C=O) groups excluding carboxylic acids is 2. The number of anilines is 2. The van der Waals surface area contributed by atoms with Crippen LogP contribution in [0.15, 0.2) is 47.1 Å². The molecule has 0 radical (unpaired) electrons. The Hall–Kier alpha value is -3.09. The molecule has 1 aliphatic carbocycles. The fourth-order valence-electron chi connectivity index (χ4n) is 2.93. The van der Waals surface area contributed by atoms with E-state index in [-0.39, 0.29) is 23.5 Å². The minimum Gasteiger partial charge on any atom is -0.481 e. The molecule has 7 heteroatoms. The van der Waals surface area contributed by atoms with Gasteiger partial charge in [0.05, 0.1) is 12.2 Å². The SMILES string of the molecule is O=C(Nc1ccc(NC(=O)[C@H]2CC[C@@H](C(=O)O)C2)cc1)c1ccco1. The topological polar surface area (TPSA) is 109 Å². The standard InChI is InChI=1S/C18H18N2O5/c21-16(11-3-4-12(10-11)18(23)24)19-13-5-7-14(8-6-13)20-17(22)15-2-1-9-25-15/h1-2,5-9,11-12H,3-4,10H2,(H,19,21)(H,20,22)(H,23,24)/t11-,12+/m0/s1. The fraction of sp³-hybridized carbons (Fsp3) is 0.278. The maximum Gasteiger partial charge on any atom is 0.306 e. The molecular formula is C18H18N2O5. The third kappa shape index (κ3) is 4.06. The smallest absolute Gasteiger partial charge is 0.306 e. The number of hydrogen-bond donors (Lipinski definition) is 3. The molecule has 25 heavy (non-hydrogen) atoms. The Balaban J connectivity index is 1.55. The van der Waals surface area contributed by atoms with Crippen molar-refractivity contribution in [3.05, 3.63) is 48.4 Å². The number of carboxylic acid groups (broad SMARTS) is 1. The van der Waals surface area contributed by atoms with Crippen LogP contribution in [0.2, 0.25) is 0 Å². The van der Waals surface area contributed by atoms with Crippen LogP contribution in [0.1, 0.15) is 29.8 Å². The zero-order chi connectivity index (χ0) is 17.8. The van der Waals surface area contributed by atoms with Crippen molar-refractivity contribution in [2.24, 2.45) is 11.8 Å². The van der Waals surface area contributed by atoms with Gasteiger partial charge in [-0.2, -0.15) is 0 Å². The molecule has 1 aromatic carbocycles. The maximum absolute atomic E-state index is 12.2. The van der Waals surface area contributed by atoms with Crippen LogP contribution in [-0.2, 0) is 9.59 Å². The quantitative estimate of drug-likeness (QED) is 0.774. The summed E-state index contributed by atoms with van der Waals surface area (Å²) in [6.45, 7) is 0. The van der Waals surface area contributed by atoms with E-state index in [0.29, 0.717) is 30.6 Å². The lowest BCUT2D eigenvalue weighted by Gasteiger charge is -2.11. The molecule has 1 fully saturated rings. The Morgan fingerprint density at radius 3 is 2.16 bits per heavy atom. The van der Waals surface area contributed by atoms with Gasteiger partial charge >= 0.3 is 5.97 Å². The van der Waals surface area contributed by atoms with Gasteiger partial charge in [0.1, 0.15) is 0 Å². The van der Waals surface area contributed by atoms with Crippen LogP contribution in [0.25, 0.3) is 0 Å². The number of carbonyl (C=O) groups is 3. The molecule has 2 aromatic rings. The van der Waals surface area contributed by atoms with Crippen molar-refractivity contribution in [1.29, 1.82) is 0 Å². The minimum atomic E-state index is -0.841. The number of hydrogen-bond acceptors (Lipinski definition) is 4. The summed E-state index contributed by atoms with van der Waals surface area (Å²) < 4.78 is 5.02. The molecule has 1 saturated carbocycles. The van der Waals surface area contributed by atoms with Crippen molar-refractivity contribution in [2.75, 3.05) is 10.6 Å². The van der Waals surface area contributed by atoms with Gasteiger partial charge in [-0.3, -0.25) is 14.4 Å². The number of furan rings is 1. The summed E-state index contributed by atoms with van der Waals surface area (Å²) in [7, 11) is 0. The molecule has 0 bridgehead atoms. The van der Waals surface area contributed by atoms with Gasteiger partial charge < -0.3 is 20.2 Å². The van der Waals surface area contributed by atoms with Gasteiger partial charge in [-0.1, -0.05) is 0 Å². The molecule has 0 saturated heterocycles. The van der Waals surface area contributed by atoms with Crippen molar-refractivity contribution in [3.8, 4) is 0 Å². The predicted molar refractivity (Wildman–Crippen MR) is 90.2 cm³/mol. The number of benzene rings is 1. The van der Waals surface area contributed by atoms with Crippen LogP contribution in [0.3, 0.4) is 0 Å². The van der Waals surface area contributed by atoms with Crippen LogP contribution >= 0.6 is 0 Å². The Labute approximate surface area is 144 Å². The third-order valence-corrected chi connectivity index (χ3v) is 4.31. The van der Waals surface area contributed by atoms with Gasteiger partial charge in [0, 0.05) is 17.3 Å². The summed E-state index contributed by atoms with van der Waals surface area (Å²) in [4.78, 5) is 35.1. The summed E-state index contributed by atoms with van der Waals surface area (Å²) in [5, 5.41) is 14.5. The van der Waals surface area contributed by atoms with Crippen molar-refractivity contribution in [2.45, 2.75) is 19.3 Å². The van der Waals surface area contributed by atoms with Crippen LogP contribution < -0.4 is 10.6 Å². The zero-order valence-electron chi connectivity index (χ0n) is 13.4. The van der Waals surface area contributed by atoms with E-state index in [2.05, 4.69) is 10.6 Å². The second-order valence-corrected chi connectivity index (χ2v) is 6.04. The molecule has 0 unspecified atom stereocenters. The summed E-state index contributed by atoms with van der Waals surface area (Å²) in [6, 6.07) is 9.90. The number of rotatable bonds is 5. The Kier molecular flexibility index (Phi) is 4.83. The molecule has 130 valence electrons. The van der Waals surface area contributed by atoms with E-state index in [1.54, 1.807) is 36.4 Å². The van der Waals surface area contributed by atoms with E-state index in [0.717, 1.165) is 0 Å². The van der Waals surface area contributed by atoms with Crippen molar-refractivity contribution in [1.82, 2.24) is 0 Å². The fourth-order valence-corrected chi connectivity index (χ4v) is 2.93. The van der Waals surface area contributed by atoms with Gasteiger partial charge in [-0.05, 0) is 55.7 Å².